The van der Waals surface area contributed by atoms with Gasteiger partial charge in [-0.15, -0.1) is 11.3 Å². The fourth-order valence-electron chi connectivity index (χ4n) is 1.93. The number of carbonyl (C=O) groups is 1. The lowest BCUT2D eigenvalue weighted by molar-refractivity contribution is -0.136. The average molecular weight is 288 g/mol. The van der Waals surface area contributed by atoms with Crippen LogP contribution in [0.25, 0.3) is 10.1 Å². The van der Waals surface area contributed by atoms with Gasteiger partial charge in [0.1, 0.15) is 4.88 Å². The number of aryl methyl sites for hydroxylation is 1. The first-order valence-electron chi connectivity index (χ1n) is 5.62. The second kappa shape index (κ2) is 4.85. The predicted molar refractivity (Wildman–Crippen MR) is 67.5 cm³/mol. The summed E-state index contributed by atoms with van der Waals surface area (Å²) in [5.41, 5.74) is -0.388. The summed E-state index contributed by atoms with van der Waals surface area (Å²) in [5.74, 6) is -0.575. The summed E-state index contributed by atoms with van der Waals surface area (Å²) < 4.78 is 44.1. The molecular formula is C13H11F3O2S. The Morgan fingerprint density at radius 2 is 2.05 bits per heavy atom. The second-order valence-corrected chi connectivity index (χ2v) is 5.01. The van der Waals surface area contributed by atoms with E-state index in [0.29, 0.717) is 10.3 Å². The lowest BCUT2D eigenvalue weighted by Gasteiger charge is -2.08. The fraction of sp³-hybridized carbons (Fsp3) is 0.308. The van der Waals surface area contributed by atoms with Crippen LogP contribution in [0.5, 0.6) is 0 Å². The lowest BCUT2D eigenvalue weighted by Crippen LogP contribution is -2.06. The molecule has 2 rings (SSSR count). The minimum Gasteiger partial charge on any atom is -0.462 e. The van der Waals surface area contributed by atoms with Gasteiger partial charge >= 0.3 is 12.1 Å². The van der Waals surface area contributed by atoms with Crippen LogP contribution in [0, 0.1) is 6.92 Å². The molecule has 0 radical (unpaired) electrons. The molecule has 0 saturated carbocycles. The summed E-state index contributed by atoms with van der Waals surface area (Å²) in [6.45, 7) is 3.36. The van der Waals surface area contributed by atoms with Gasteiger partial charge in [0.15, 0.2) is 0 Å². The third kappa shape index (κ3) is 2.45. The molecule has 0 amide bonds. The molecule has 0 aliphatic rings. The number of alkyl halides is 3. The van der Waals surface area contributed by atoms with E-state index in [2.05, 4.69) is 0 Å². The number of hydrogen-bond acceptors (Lipinski definition) is 3. The Labute approximate surface area is 111 Å². The molecule has 1 heterocycles. The molecule has 0 aliphatic carbocycles. The maximum absolute atomic E-state index is 12.9. The number of rotatable bonds is 2. The Bertz CT molecular complexity index is 629. The number of carbonyl (C=O) groups excluding carboxylic acids is 1. The standard InChI is InChI=1S/C13H11F3O2S/c1-3-18-12(17)11-7(2)10-8(13(14,15)16)5-4-6-9(10)19-11/h4-6H,3H2,1-2H3. The second-order valence-electron chi connectivity index (χ2n) is 3.95. The van der Waals surface area contributed by atoms with Crippen molar-refractivity contribution < 1.29 is 22.7 Å². The zero-order valence-electron chi connectivity index (χ0n) is 10.3. The van der Waals surface area contributed by atoms with E-state index in [1.807, 2.05) is 0 Å². The monoisotopic (exact) mass is 288 g/mol. The van der Waals surface area contributed by atoms with Crippen LogP contribution in [-0.2, 0) is 10.9 Å². The Hall–Kier alpha value is -1.56. The van der Waals surface area contributed by atoms with E-state index in [0.717, 1.165) is 17.4 Å². The van der Waals surface area contributed by atoms with Crippen LogP contribution in [0.2, 0.25) is 0 Å². The molecule has 0 fully saturated rings. The minimum atomic E-state index is -4.43. The quantitative estimate of drug-likeness (QED) is 0.765. The summed E-state index contributed by atoms with van der Waals surface area (Å²) in [4.78, 5) is 11.9. The maximum Gasteiger partial charge on any atom is 0.417 e. The van der Waals surface area contributed by atoms with Crippen molar-refractivity contribution in [3.05, 3.63) is 34.2 Å². The van der Waals surface area contributed by atoms with Crippen molar-refractivity contribution in [2.45, 2.75) is 20.0 Å². The highest BCUT2D eigenvalue weighted by Gasteiger charge is 2.34. The highest BCUT2D eigenvalue weighted by atomic mass is 32.1. The van der Waals surface area contributed by atoms with E-state index >= 15 is 0 Å². The Morgan fingerprint density at radius 1 is 1.37 bits per heavy atom. The Balaban J connectivity index is 2.68. The topological polar surface area (TPSA) is 26.3 Å². The molecule has 0 unspecified atom stereocenters. The highest BCUT2D eigenvalue weighted by Crippen LogP contribution is 2.40. The maximum atomic E-state index is 12.9. The third-order valence-corrected chi connectivity index (χ3v) is 3.96. The van der Waals surface area contributed by atoms with Crippen LogP contribution in [0.4, 0.5) is 13.2 Å². The van der Waals surface area contributed by atoms with Crippen molar-refractivity contribution in [1.29, 1.82) is 0 Å². The molecule has 1 aromatic heterocycles. The van der Waals surface area contributed by atoms with E-state index in [1.54, 1.807) is 13.0 Å². The normalized spacial score (nSPS) is 11.8. The van der Waals surface area contributed by atoms with Crippen LogP contribution in [0.3, 0.4) is 0 Å². The Kier molecular flexibility index (Phi) is 3.54. The molecule has 0 bridgehead atoms. The molecular weight excluding hydrogens is 277 g/mol. The zero-order valence-corrected chi connectivity index (χ0v) is 11.1. The predicted octanol–water partition coefficient (Wildman–Crippen LogP) is 4.41. The summed E-state index contributed by atoms with van der Waals surface area (Å²) >= 11 is 1.03. The minimum absolute atomic E-state index is 0.0862. The molecule has 2 aromatic rings. The first kappa shape index (κ1) is 13.9. The Morgan fingerprint density at radius 3 is 2.63 bits per heavy atom. The van der Waals surface area contributed by atoms with Crippen molar-refractivity contribution in [3.8, 4) is 0 Å². The van der Waals surface area contributed by atoms with Gasteiger partial charge in [-0.05, 0) is 31.5 Å². The van der Waals surface area contributed by atoms with Gasteiger partial charge in [0.05, 0.1) is 12.2 Å². The van der Waals surface area contributed by atoms with E-state index in [1.165, 1.54) is 13.0 Å². The molecule has 19 heavy (non-hydrogen) atoms. The van der Waals surface area contributed by atoms with Crippen LogP contribution in [-0.4, -0.2) is 12.6 Å². The lowest BCUT2D eigenvalue weighted by atomic mass is 10.1. The summed E-state index contributed by atoms with van der Waals surface area (Å²) in [5, 5.41) is 0.0862. The van der Waals surface area contributed by atoms with Gasteiger partial charge in [-0.2, -0.15) is 13.2 Å². The molecule has 0 saturated heterocycles. The SMILES string of the molecule is CCOC(=O)c1sc2cccc(C(F)(F)F)c2c1C. The molecule has 6 heteroatoms. The van der Waals surface area contributed by atoms with E-state index in [9.17, 15) is 18.0 Å². The first-order chi connectivity index (χ1) is 8.86. The van der Waals surface area contributed by atoms with Gasteiger partial charge < -0.3 is 4.74 Å². The van der Waals surface area contributed by atoms with Crippen molar-refractivity contribution in [2.24, 2.45) is 0 Å². The molecule has 2 nitrogen and oxygen atoms in total. The molecule has 0 N–H and O–H groups in total. The van der Waals surface area contributed by atoms with Crippen molar-refractivity contribution in [2.75, 3.05) is 6.61 Å². The summed E-state index contributed by atoms with van der Waals surface area (Å²) in [6, 6.07) is 3.94. The number of halogens is 3. The molecule has 0 atom stereocenters. The summed E-state index contributed by atoms with van der Waals surface area (Å²) in [7, 11) is 0. The molecule has 102 valence electrons. The van der Waals surface area contributed by atoms with Crippen molar-refractivity contribution >= 4 is 27.4 Å². The van der Waals surface area contributed by atoms with Crippen LogP contribution < -0.4 is 0 Å². The zero-order chi connectivity index (χ0) is 14.2. The van der Waals surface area contributed by atoms with Crippen LogP contribution in [0.15, 0.2) is 18.2 Å². The molecule has 1 aromatic carbocycles. The van der Waals surface area contributed by atoms with Gasteiger partial charge in [0.2, 0.25) is 0 Å². The van der Waals surface area contributed by atoms with Gasteiger partial charge in [-0.25, -0.2) is 4.79 Å². The van der Waals surface area contributed by atoms with Crippen molar-refractivity contribution in [1.82, 2.24) is 0 Å². The average Bonchev–Trinajstić information content (AvgIpc) is 2.66. The first-order valence-corrected chi connectivity index (χ1v) is 6.44. The number of fused-ring (bicyclic) bond motifs is 1. The highest BCUT2D eigenvalue weighted by molar-refractivity contribution is 7.21. The van der Waals surface area contributed by atoms with E-state index < -0.39 is 17.7 Å². The third-order valence-electron chi connectivity index (χ3n) is 2.72. The largest absolute Gasteiger partial charge is 0.462 e. The number of hydrogen-bond donors (Lipinski definition) is 0. The molecule has 0 spiro atoms. The van der Waals surface area contributed by atoms with Gasteiger partial charge in [0, 0.05) is 10.1 Å². The number of benzene rings is 1. The van der Waals surface area contributed by atoms with Crippen LogP contribution in [0.1, 0.15) is 27.7 Å². The smallest absolute Gasteiger partial charge is 0.417 e. The van der Waals surface area contributed by atoms with E-state index in [-0.39, 0.29) is 16.9 Å². The van der Waals surface area contributed by atoms with Gasteiger partial charge in [0.25, 0.3) is 0 Å². The van der Waals surface area contributed by atoms with E-state index in [4.69, 9.17) is 4.74 Å². The fourth-order valence-corrected chi connectivity index (χ4v) is 3.06. The number of esters is 1. The van der Waals surface area contributed by atoms with Crippen LogP contribution >= 0.6 is 11.3 Å². The van der Waals surface area contributed by atoms with Gasteiger partial charge in [-0.3, -0.25) is 0 Å². The number of ether oxygens (including phenoxy) is 1. The summed E-state index contributed by atoms with van der Waals surface area (Å²) in [6.07, 6.45) is -4.43. The molecule has 0 aliphatic heterocycles. The number of thiophene rings is 1. The van der Waals surface area contributed by atoms with Gasteiger partial charge in [-0.1, -0.05) is 6.07 Å². The van der Waals surface area contributed by atoms with Crippen molar-refractivity contribution in [3.63, 3.8) is 0 Å².